The van der Waals surface area contributed by atoms with Gasteiger partial charge >= 0.3 is 0 Å². The van der Waals surface area contributed by atoms with Crippen LogP contribution in [0.15, 0.2) is 0 Å². The van der Waals surface area contributed by atoms with E-state index in [1.807, 2.05) is 0 Å². The fourth-order valence-corrected chi connectivity index (χ4v) is 1.28. The lowest BCUT2D eigenvalue weighted by molar-refractivity contribution is -0.128. The summed E-state index contributed by atoms with van der Waals surface area (Å²) in [6.07, 6.45) is 0.717. The molecule has 1 atom stereocenters. The van der Waals surface area contributed by atoms with Crippen LogP contribution in [0, 0.1) is 5.92 Å². The molecule has 1 fully saturated rings. The van der Waals surface area contributed by atoms with Crippen molar-refractivity contribution in [3.63, 3.8) is 0 Å². The Labute approximate surface area is 65.3 Å². The number of hydrogen-bond donors (Lipinski definition) is 1. The molecule has 0 radical (unpaired) electrons. The lowest BCUT2D eigenvalue weighted by Crippen LogP contribution is -2.29. The van der Waals surface area contributed by atoms with Crippen LogP contribution in [0.25, 0.3) is 0 Å². The number of primary amides is 1. The van der Waals surface area contributed by atoms with Crippen LogP contribution in [0.3, 0.4) is 0 Å². The van der Waals surface area contributed by atoms with Crippen molar-refractivity contribution in [2.45, 2.75) is 13.3 Å². The van der Waals surface area contributed by atoms with Gasteiger partial charge in [0.25, 0.3) is 0 Å². The minimum absolute atomic E-state index is 0.0220. The summed E-state index contributed by atoms with van der Waals surface area (Å²) < 4.78 is 0. The van der Waals surface area contributed by atoms with E-state index in [9.17, 15) is 9.59 Å². The summed E-state index contributed by atoms with van der Waals surface area (Å²) in [5, 5.41) is 0. The van der Waals surface area contributed by atoms with Crippen molar-refractivity contribution >= 4 is 11.8 Å². The predicted octanol–water partition coefficient (Wildman–Crippen LogP) is -0.660. The third-order valence-corrected chi connectivity index (χ3v) is 2.04. The van der Waals surface area contributed by atoms with Crippen LogP contribution in [0.2, 0.25) is 0 Å². The number of nitrogens with zero attached hydrogens (tertiary/aromatic N) is 1. The molecule has 0 aromatic heterocycles. The van der Waals surface area contributed by atoms with Crippen LogP contribution in [-0.4, -0.2) is 29.8 Å². The fourth-order valence-electron chi connectivity index (χ4n) is 1.28. The quantitative estimate of drug-likeness (QED) is 0.547. The van der Waals surface area contributed by atoms with Gasteiger partial charge in [-0.05, 0) is 6.42 Å². The summed E-state index contributed by atoms with van der Waals surface area (Å²) in [5.74, 6) is -0.401. The zero-order valence-corrected chi connectivity index (χ0v) is 6.54. The van der Waals surface area contributed by atoms with E-state index in [1.54, 1.807) is 4.90 Å². The van der Waals surface area contributed by atoms with Gasteiger partial charge in [0, 0.05) is 20.0 Å². The molecular weight excluding hydrogens is 144 g/mol. The van der Waals surface area contributed by atoms with Crippen LogP contribution in [-0.2, 0) is 9.59 Å². The Morgan fingerprint density at radius 3 is 2.45 bits per heavy atom. The number of carbonyl (C=O) groups excluding carboxylic acids is 2. The van der Waals surface area contributed by atoms with E-state index in [0.29, 0.717) is 13.1 Å². The molecule has 1 unspecified atom stereocenters. The minimum Gasteiger partial charge on any atom is -0.369 e. The molecule has 11 heavy (non-hydrogen) atoms. The molecule has 0 aromatic rings. The standard InChI is InChI=1S/C7H12N2O2/c1-5(10)9-3-2-6(4-9)7(8)11/h6H,2-4H2,1H3,(H2,8,11). The van der Waals surface area contributed by atoms with Gasteiger partial charge in [0.15, 0.2) is 0 Å². The first kappa shape index (κ1) is 8.04. The van der Waals surface area contributed by atoms with Crippen LogP contribution in [0.1, 0.15) is 13.3 Å². The maximum Gasteiger partial charge on any atom is 0.222 e. The molecule has 4 heteroatoms. The summed E-state index contributed by atoms with van der Waals surface area (Å²) in [4.78, 5) is 23.1. The first-order valence-electron chi connectivity index (χ1n) is 3.66. The second kappa shape index (κ2) is 2.90. The normalized spacial score (nSPS) is 23.7. The maximum absolute atomic E-state index is 10.8. The molecule has 0 aliphatic carbocycles. The van der Waals surface area contributed by atoms with Crippen LogP contribution in [0.5, 0.6) is 0 Å². The molecule has 0 spiro atoms. The third-order valence-electron chi connectivity index (χ3n) is 2.04. The van der Waals surface area contributed by atoms with Gasteiger partial charge < -0.3 is 10.6 Å². The van der Waals surface area contributed by atoms with Gasteiger partial charge in [-0.2, -0.15) is 0 Å². The van der Waals surface area contributed by atoms with Gasteiger partial charge in [-0.1, -0.05) is 0 Å². The molecule has 0 bridgehead atoms. The highest BCUT2D eigenvalue weighted by atomic mass is 16.2. The average Bonchev–Trinajstić information content (AvgIpc) is 2.33. The van der Waals surface area contributed by atoms with Crippen LogP contribution < -0.4 is 5.73 Å². The zero-order valence-electron chi connectivity index (χ0n) is 6.54. The molecule has 62 valence electrons. The maximum atomic E-state index is 10.8. The first-order chi connectivity index (χ1) is 5.11. The van der Waals surface area contributed by atoms with Gasteiger partial charge in [-0.3, -0.25) is 9.59 Å². The van der Waals surface area contributed by atoms with Gasteiger partial charge in [0.1, 0.15) is 0 Å². The molecular formula is C7H12N2O2. The number of likely N-dealkylation sites (tertiary alicyclic amines) is 1. The second-order valence-electron chi connectivity index (χ2n) is 2.85. The molecule has 4 nitrogen and oxygen atoms in total. The third kappa shape index (κ3) is 1.69. The topological polar surface area (TPSA) is 63.4 Å². The van der Waals surface area contributed by atoms with Crippen LogP contribution in [0.4, 0.5) is 0 Å². The largest absolute Gasteiger partial charge is 0.369 e. The van der Waals surface area contributed by atoms with Crippen molar-refractivity contribution in [1.82, 2.24) is 4.90 Å². The minimum atomic E-state index is -0.297. The molecule has 2 amide bonds. The fraction of sp³-hybridized carbons (Fsp3) is 0.714. The molecule has 2 N–H and O–H groups in total. The highest BCUT2D eigenvalue weighted by Gasteiger charge is 2.27. The number of hydrogen-bond acceptors (Lipinski definition) is 2. The Morgan fingerprint density at radius 1 is 1.55 bits per heavy atom. The van der Waals surface area contributed by atoms with Gasteiger partial charge in [0.2, 0.25) is 11.8 Å². The Kier molecular flexibility index (Phi) is 2.12. The highest BCUT2D eigenvalue weighted by Crippen LogP contribution is 2.14. The van der Waals surface area contributed by atoms with E-state index in [1.165, 1.54) is 6.92 Å². The van der Waals surface area contributed by atoms with Gasteiger partial charge in [0.05, 0.1) is 5.92 Å². The van der Waals surface area contributed by atoms with E-state index in [-0.39, 0.29) is 17.7 Å². The molecule has 1 saturated heterocycles. The molecule has 0 aromatic carbocycles. The van der Waals surface area contributed by atoms with Crippen molar-refractivity contribution in [2.75, 3.05) is 13.1 Å². The van der Waals surface area contributed by atoms with Crippen molar-refractivity contribution in [1.29, 1.82) is 0 Å². The Hall–Kier alpha value is -1.06. The first-order valence-corrected chi connectivity index (χ1v) is 3.66. The molecule has 1 aliphatic rings. The van der Waals surface area contributed by atoms with Crippen molar-refractivity contribution < 1.29 is 9.59 Å². The summed E-state index contributed by atoms with van der Waals surface area (Å²) >= 11 is 0. The van der Waals surface area contributed by atoms with Gasteiger partial charge in [-0.25, -0.2) is 0 Å². The molecule has 1 aliphatic heterocycles. The Morgan fingerprint density at radius 2 is 2.18 bits per heavy atom. The Balaban J connectivity index is 2.47. The van der Waals surface area contributed by atoms with E-state index < -0.39 is 0 Å². The zero-order chi connectivity index (χ0) is 8.43. The van der Waals surface area contributed by atoms with Gasteiger partial charge in [-0.15, -0.1) is 0 Å². The summed E-state index contributed by atoms with van der Waals surface area (Å²) in [5.41, 5.74) is 5.08. The SMILES string of the molecule is CC(=O)N1CCC(C(N)=O)C1. The lowest BCUT2D eigenvalue weighted by atomic mass is 10.1. The number of carbonyl (C=O) groups is 2. The predicted molar refractivity (Wildman–Crippen MR) is 39.6 cm³/mol. The number of rotatable bonds is 1. The van der Waals surface area contributed by atoms with E-state index >= 15 is 0 Å². The molecule has 0 saturated carbocycles. The second-order valence-corrected chi connectivity index (χ2v) is 2.85. The van der Waals surface area contributed by atoms with E-state index in [2.05, 4.69) is 0 Å². The Bertz CT molecular complexity index is 171. The van der Waals surface area contributed by atoms with Crippen molar-refractivity contribution in [3.05, 3.63) is 0 Å². The van der Waals surface area contributed by atoms with Crippen molar-refractivity contribution in [2.24, 2.45) is 11.7 Å². The van der Waals surface area contributed by atoms with Crippen LogP contribution >= 0.6 is 0 Å². The molecule has 1 heterocycles. The molecule has 1 rings (SSSR count). The van der Waals surface area contributed by atoms with E-state index in [0.717, 1.165) is 6.42 Å². The number of amides is 2. The smallest absolute Gasteiger partial charge is 0.222 e. The van der Waals surface area contributed by atoms with Crippen molar-refractivity contribution in [3.8, 4) is 0 Å². The lowest BCUT2D eigenvalue weighted by Gasteiger charge is -2.11. The highest BCUT2D eigenvalue weighted by molar-refractivity contribution is 5.79. The summed E-state index contributed by atoms with van der Waals surface area (Å²) in [6.45, 7) is 2.68. The monoisotopic (exact) mass is 156 g/mol. The summed E-state index contributed by atoms with van der Waals surface area (Å²) in [7, 11) is 0. The van der Waals surface area contributed by atoms with E-state index in [4.69, 9.17) is 5.73 Å². The number of nitrogens with two attached hydrogens (primary N) is 1. The average molecular weight is 156 g/mol. The summed E-state index contributed by atoms with van der Waals surface area (Å²) in [6, 6.07) is 0.